The number of aromatic nitrogens is 2. The fraction of sp³-hybridized carbons (Fsp3) is 0.476. The molecule has 6 nitrogen and oxygen atoms in total. The molecule has 0 bridgehead atoms. The minimum Gasteiger partial charge on any atom is -0.355 e. The quantitative estimate of drug-likeness (QED) is 0.818. The summed E-state index contributed by atoms with van der Waals surface area (Å²) in [6.07, 6.45) is 0.140. The Bertz CT molecular complexity index is 843. The molecule has 0 saturated carbocycles. The Balaban J connectivity index is 2.15. The minimum absolute atomic E-state index is 0.105. The molecule has 2 rings (SSSR count). The Morgan fingerprint density at radius 2 is 1.68 bits per heavy atom. The molecule has 0 aliphatic rings. The zero-order valence-electron chi connectivity index (χ0n) is 17.4. The van der Waals surface area contributed by atoms with Crippen LogP contribution in [0.4, 0.5) is 10.2 Å². The van der Waals surface area contributed by atoms with E-state index in [1.807, 2.05) is 47.6 Å². The van der Waals surface area contributed by atoms with E-state index in [2.05, 4.69) is 15.7 Å². The molecule has 1 aromatic heterocycles. The molecule has 28 heavy (non-hydrogen) atoms. The zero-order valence-corrected chi connectivity index (χ0v) is 17.4. The maximum atomic E-state index is 13.3. The third-order valence-electron chi connectivity index (χ3n) is 4.14. The van der Waals surface area contributed by atoms with Gasteiger partial charge in [-0.25, -0.2) is 9.07 Å². The lowest BCUT2D eigenvalue weighted by Crippen LogP contribution is -2.36. The number of amides is 2. The highest BCUT2D eigenvalue weighted by Gasteiger charge is 2.22. The van der Waals surface area contributed by atoms with Crippen LogP contribution in [0.1, 0.15) is 53.7 Å². The predicted molar refractivity (Wildman–Crippen MR) is 108 cm³/mol. The van der Waals surface area contributed by atoms with E-state index in [0.717, 1.165) is 5.69 Å². The molecule has 0 saturated heterocycles. The van der Waals surface area contributed by atoms with E-state index in [4.69, 9.17) is 0 Å². The van der Waals surface area contributed by atoms with Crippen molar-refractivity contribution in [2.45, 2.75) is 53.4 Å². The summed E-state index contributed by atoms with van der Waals surface area (Å²) in [7, 11) is 0. The number of carbonyl (C=O) groups is 2. The first-order chi connectivity index (χ1) is 12.9. The van der Waals surface area contributed by atoms with Gasteiger partial charge in [-0.1, -0.05) is 41.5 Å². The van der Waals surface area contributed by atoms with Gasteiger partial charge in [0.05, 0.1) is 11.4 Å². The molecule has 1 heterocycles. The van der Waals surface area contributed by atoms with Crippen LogP contribution in [0.15, 0.2) is 30.3 Å². The maximum absolute atomic E-state index is 13.3. The third-order valence-corrected chi connectivity index (χ3v) is 4.14. The standard InChI is InChI=1S/C21H29FN4O2/c1-20(2,3)16-13-17(26(25-16)15-9-7-14(22)8-10-15)24-18(27)11-12-23-19(28)21(4,5)6/h7-10,13H,11-12H2,1-6H3,(H,23,28)(H,24,27). The first-order valence-electron chi connectivity index (χ1n) is 9.32. The fourth-order valence-electron chi connectivity index (χ4n) is 2.38. The van der Waals surface area contributed by atoms with Crippen molar-refractivity contribution in [1.82, 2.24) is 15.1 Å². The molecule has 0 radical (unpaired) electrons. The Labute approximate surface area is 165 Å². The lowest BCUT2D eigenvalue weighted by atomic mass is 9.92. The molecule has 7 heteroatoms. The third kappa shape index (κ3) is 5.65. The van der Waals surface area contributed by atoms with Crippen molar-refractivity contribution in [2.24, 2.45) is 5.41 Å². The number of halogens is 1. The molecule has 0 spiro atoms. The van der Waals surface area contributed by atoms with Gasteiger partial charge in [-0.3, -0.25) is 9.59 Å². The maximum Gasteiger partial charge on any atom is 0.227 e. The van der Waals surface area contributed by atoms with Crippen molar-refractivity contribution in [3.05, 3.63) is 41.8 Å². The van der Waals surface area contributed by atoms with Gasteiger partial charge in [0.15, 0.2) is 0 Å². The van der Waals surface area contributed by atoms with Crippen molar-refractivity contribution >= 4 is 17.6 Å². The number of nitrogens with one attached hydrogen (secondary N) is 2. The molecular weight excluding hydrogens is 359 g/mol. The number of rotatable bonds is 5. The average Bonchev–Trinajstić information content (AvgIpc) is 2.98. The molecule has 2 amide bonds. The van der Waals surface area contributed by atoms with E-state index >= 15 is 0 Å². The lowest BCUT2D eigenvalue weighted by Gasteiger charge is -2.17. The van der Waals surface area contributed by atoms with Gasteiger partial charge in [-0.2, -0.15) is 5.10 Å². The van der Waals surface area contributed by atoms with Crippen LogP contribution in [0.5, 0.6) is 0 Å². The van der Waals surface area contributed by atoms with Crippen LogP contribution < -0.4 is 10.6 Å². The van der Waals surface area contributed by atoms with Gasteiger partial charge in [-0.05, 0) is 24.3 Å². The summed E-state index contributed by atoms with van der Waals surface area (Å²) in [5.74, 6) is -0.180. The molecule has 2 N–H and O–H groups in total. The topological polar surface area (TPSA) is 76.0 Å². The summed E-state index contributed by atoms with van der Waals surface area (Å²) in [4.78, 5) is 24.3. The van der Waals surface area contributed by atoms with Gasteiger partial charge in [-0.15, -0.1) is 0 Å². The van der Waals surface area contributed by atoms with Crippen LogP contribution in [0.3, 0.4) is 0 Å². The summed E-state index contributed by atoms with van der Waals surface area (Å²) in [5, 5.41) is 10.2. The number of benzene rings is 1. The van der Waals surface area contributed by atoms with Crippen molar-refractivity contribution in [2.75, 3.05) is 11.9 Å². The van der Waals surface area contributed by atoms with Crippen molar-refractivity contribution in [3.63, 3.8) is 0 Å². The van der Waals surface area contributed by atoms with Gasteiger partial charge in [0.2, 0.25) is 11.8 Å². The summed E-state index contributed by atoms with van der Waals surface area (Å²) >= 11 is 0. The molecule has 0 unspecified atom stereocenters. The van der Waals surface area contributed by atoms with E-state index < -0.39 is 5.41 Å². The van der Waals surface area contributed by atoms with Crippen LogP contribution in [0.2, 0.25) is 0 Å². The van der Waals surface area contributed by atoms with E-state index in [9.17, 15) is 14.0 Å². The van der Waals surface area contributed by atoms with Crippen molar-refractivity contribution in [3.8, 4) is 5.69 Å². The number of carbonyl (C=O) groups excluding carboxylic acids is 2. The summed E-state index contributed by atoms with van der Waals surface area (Å²) < 4.78 is 14.9. The molecule has 0 aliphatic heterocycles. The second kappa shape index (κ2) is 8.12. The number of hydrogen-bond donors (Lipinski definition) is 2. The molecule has 0 atom stereocenters. The average molecular weight is 388 g/mol. The number of nitrogens with zero attached hydrogens (tertiary/aromatic N) is 2. The summed E-state index contributed by atoms with van der Waals surface area (Å²) in [6, 6.07) is 7.72. The van der Waals surface area contributed by atoms with Crippen LogP contribution in [-0.4, -0.2) is 28.1 Å². The molecule has 0 fully saturated rings. The van der Waals surface area contributed by atoms with Crippen molar-refractivity contribution < 1.29 is 14.0 Å². The fourth-order valence-corrected chi connectivity index (χ4v) is 2.38. The molecule has 1 aromatic carbocycles. The highest BCUT2D eigenvalue weighted by molar-refractivity contribution is 5.91. The van der Waals surface area contributed by atoms with Gasteiger partial charge < -0.3 is 10.6 Å². The van der Waals surface area contributed by atoms with E-state index in [-0.39, 0.29) is 36.0 Å². The Morgan fingerprint density at radius 3 is 2.21 bits per heavy atom. The monoisotopic (exact) mass is 388 g/mol. The Morgan fingerprint density at radius 1 is 1.07 bits per heavy atom. The van der Waals surface area contributed by atoms with Crippen LogP contribution in [0.25, 0.3) is 5.69 Å². The first-order valence-corrected chi connectivity index (χ1v) is 9.32. The van der Waals surface area contributed by atoms with E-state index in [0.29, 0.717) is 11.5 Å². The van der Waals surface area contributed by atoms with E-state index in [1.54, 1.807) is 16.8 Å². The largest absolute Gasteiger partial charge is 0.355 e. The molecule has 152 valence electrons. The minimum atomic E-state index is -0.501. The molecule has 2 aromatic rings. The van der Waals surface area contributed by atoms with Gasteiger partial charge in [0.25, 0.3) is 0 Å². The lowest BCUT2D eigenvalue weighted by molar-refractivity contribution is -0.128. The molecular formula is C21H29FN4O2. The van der Waals surface area contributed by atoms with Gasteiger partial charge >= 0.3 is 0 Å². The normalized spacial score (nSPS) is 12.0. The van der Waals surface area contributed by atoms with Crippen molar-refractivity contribution in [1.29, 1.82) is 0 Å². The smallest absolute Gasteiger partial charge is 0.227 e. The number of anilines is 1. The summed E-state index contributed by atoms with van der Waals surface area (Å²) in [6.45, 7) is 11.8. The summed E-state index contributed by atoms with van der Waals surface area (Å²) in [5.41, 5.74) is 0.728. The SMILES string of the molecule is CC(C)(C)C(=O)NCCC(=O)Nc1cc(C(C)(C)C)nn1-c1ccc(F)cc1. The second-order valence-corrected chi connectivity index (χ2v) is 8.86. The van der Waals surface area contributed by atoms with Gasteiger partial charge in [0, 0.05) is 29.9 Å². The van der Waals surface area contributed by atoms with E-state index in [1.165, 1.54) is 12.1 Å². The zero-order chi connectivity index (χ0) is 21.1. The highest BCUT2D eigenvalue weighted by atomic mass is 19.1. The van der Waals surface area contributed by atoms with Crippen LogP contribution >= 0.6 is 0 Å². The first kappa shape index (κ1) is 21.6. The second-order valence-electron chi connectivity index (χ2n) is 8.86. The highest BCUT2D eigenvalue weighted by Crippen LogP contribution is 2.26. The van der Waals surface area contributed by atoms with Crippen LogP contribution in [0, 0.1) is 11.2 Å². The Hall–Kier alpha value is -2.70. The predicted octanol–water partition coefficient (Wildman–Crippen LogP) is 3.80. The Kier molecular flexibility index (Phi) is 6.27. The van der Waals surface area contributed by atoms with Crippen LogP contribution in [-0.2, 0) is 15.0 Å². The van der Waals surface area contributed by atoms with Gasteiger partial charge in [0.1, 0.15) is 11.6 Å². The molecule has 0 aliphatic carbocycles. The number of hydrogen-bond acceptors (Lipinski definition) is 3.